The number of H-pyrrole nitrogens is 1. The highest BCUT2D eigenvalue weighted by Gasteiger charge is 2.23. The first kappa shape index (κ1) is 17.8. The zero-order valence-electron chi connectivity index (χ0n) is 14.2. The molecule has 7 nitrogen and oxygen atoms in total. The molecule has 0 aliphatic carbocycles. The average Bonchev–Trinajstić information content (AvgIpc) is 2.88. The molecule has 2 heterocycles. The molecule has 1 fully saturated rings. The second-order valence-electron chi connectivity index (χ2n) is 6.14. The third kappa shape index (κ3) is 4.33. The molecule has 26 heavy (non-hydrogen) atoms. The zero-order valence-corrected chi connectivity index (χ0v) is 14.2. The topological polar surface area (TPSA) is 86.4 Å². The van der Waals surface area contributed by atoms with Crippen molar-refractivity contribution in [3.63, 3.8) is 0 Å². The van der Waals surface area contributed by atoms with Crippen molar-refractivity contribution in [2.75, 3.05) is 26.2 Å². The maximum atomic E-state index is 13.3. The first-order valence-corrected chi connectivity index (χ1v) is 8.40. The summed E-state index contributed by atoms with van der Waals surface area (Å²) in [6.07, 6.45) is 0.775. The van der Waals surface area contributed by atoms with Gasteiger partial charge < -0.3 is 9.80 Å². The summed E-state index contributed by atoms with van der Waals surface area (Å²) in [6.45, 7) is 1.83. The van der Waals surface area contributed by atoms with Gasteiger partial charge >= 0.3 is 0 Å². The quantitative estimate of drug-likeness (QED) is 0.880. The number of halogens is 1. The predicted molar refractivity (Wildman–Crippen MR) is 92.1 cm³/mol. The van der Waals surface area contributed by atoms with Crippen molar-refractivity contribution in [3.8, 4) is 0 Å². The van der Waals surface area contributed by atoms with E-state index in [2.05, 4.69) is 10.2 Å². The van der Waals surface area contributed by atoms with E-state index in [9.17, 15) is 18.8 Å². The van der Waals surface area contributed by atoms with Crippen LogP contribution in [0.4, 0.5) is 4.39 Å². The van der Waals surface area contributed by atoms with Gasteiger partial charge in [-0.05, 0) is 30.2 Å². The second kappa shape index (κ2) is 7.90. The molecule has 1 aliphatic heterocycles. The van der Waals surface area contributed by atoms with E-state index in [4.69, 9.17) is 0 Å². The van der Waals surface area contributed by atoms with Gasteiger partial charge in [0.25, 0.3) is 11.5 Å². The lowest BCUT2D eigenvalue weighted by atomic mass is 10.1. The van der Waals surface area contributed by atoms with Crippen LogP contribution in [0.3, 0.4) is 0 Å². The van der Waals surface area contributed by atoms with Crippen LogP contribution in [-0.4, -0.2) is 58.0 Å². The van der Waals surface area contributed by atoms with Gasteiger partial charge in [0.05, 0.1) is 6.42 Å². The van der Waals surface area contributed by atoms with Crippen LogP contribution in [-0.2, 0) is 11.2 Å². The molecule has 0 saturated carbocycles. The van der Waals surface area contributed by atoms with Crippen LogP contribution in [0, 0.1) is 5.82 Å². The average molecular weight is 358 g/mol. The molecule has 2 amide bonds. The lowest BCUT2D eigenvalue weighted by Gasteiger charge is -2.22. The lowest BCUT2D eigenvalue weighted by Crippen LogP contribution is -2.38. The lowest BCUT2D eigenvalue weighted by molar-refractivity contribution is -0.130. The Morgan fingerprint density at radius 1 is 1.08 bits per heavy atom. The fourth-order valence-electron chi connectivity index (χ4n) is 2.93. The van der Waals surface area contributed by atoms with E-state index in [-0.39, 0.29) is 35.3 Å². The van der Waals surface area contributed by atoms with Crippen molar-refractivity contribution in [1.82, 2.24) is 20.0 Å². The Morgan fingerprint density at radius 3 is 2.58 bits per heavy atom. The third-order valence-corrected chi connectivity index (χ3v) is 4.28. The Balaban J connectivity index is 1.60. The van der Waals surface area contributed by atoms with E-state index < -0.39 is 0 Å². The molecule has 1 N–H and O–H groups in total. The second-order valence-corrected chi connectivity index (χ2v) is 6.14. The largest absolute Gasteiger partial charge is 0.341 e. The van der Waals surface area contributed by atoms with Gasteiger partial charge in [0.15, 0.2) is 0 Å². The van der Waals surface area contributed by atoms with Gasteiger partial charge in [0.1, 0.15) is 11.5 Å². The molecule has 1 aromatic carbocycles. The fraction of sp³-hybridized carbons (Fsp3) is 0.333. The van der Waals surface area contributed by atoms with Gasteiger partial charge in [-0.25, -0.2) is 9.49 Å². The highest BCUT2D eigenvalue weighted by molar-refractivity contribution is 5.92. The van der Waals surface area contributed by atoms with Crippen LogP contribution in [0.15, 0.2) is 41.2 Å². The first-order valence-electron chi connectivity index (χ1n) is 8.40. The van der Waals surface area contributed by atoms with Crippen LogP contribution in [0.5, 0.6) is 0 Å². The number of aromatic amines is 1. The monoisotopic (exact) mass is 358 g/mol. The molecule has 0 spiro atoms. The number of rotatable bonds is 3. The normalized spacial score (nSPS) is 14.8. The molecule has 0 radical (unpaired) electrons. The van der Waals surface area contributed by atoms with E-state index in [1.54, 1.807) is 21.9 Å². The minimum absolute atomic E-state index is 0.0907. The van der Waals surface area contributed by atoms with E-state index in [0.717, 1.165) is 0 Å². The summed E-state index contributed by atoms with van der Waals surface area (Å²) in [5.74, 6) is -0.732. The molecule has 3 rings (SSSR count). The number of nitrogens with zero attached hydrogens (tertiary/aromatic N) is 3. The smallest absolute Gasteiger partial charge is 0.274 e. The molecule has 8 heteroatoms. The number of aromatic nitrogens is 2. The predicted octanol–water partition coefficient (Wildman–Crippen LogP) is 0.826. The van der Waals surface area contributed by atoms with Crippen LogP contribution >= 0.6 is 0 Å². The molecule has 0 bridgehead atoms. The summed E-state index contributed by atoms with van der Waals surface area (Å²) in [7, 11) is 0. The number of benzene rings is 1. The van der Waals surface area contributed by atoms with Crippen LogP contribution < -0.4 is 5.56 Å². The molecular formula is C18H19FN4O3. The SMILES string of the molecule is O=C(Cc1cccc(F)c1)N1CCCN(C(=O)c2ccc(=O)[nH]n2)CC1. The Bertz CT molecular complexity index is 847. The molecule has 0 unspecified atom stereocenters. The maximum Gasteiger partial charge on any atom is 0.274 e. The summed E-state index contributed by atoms with van der Waals surface area (Å²) in [5, 5.41) is 6.00. The van der Waals surface area contributed by atoms with Crippen molar-refractivity contribution in [3.05, 3.63) is 63.8 Å². The highest BCUT2D eigenvalue weighted by atomic mass is 19.1. The van der Waals surface area contributed by atoms with E-state index in [1.807, 2.05) is 0 Å². The molecule has 136 valence electrons. The maximum absolute atomic E-state index is 13.3. The van der Waals surface area contributed by atoms with E-state index >= 15 is 0 Å². The Kier molecular flexibility index (Phi) is 5.40. The van der Waals surface area contributed by atoms with Crippen molar-refractivity contribution in [1.29, 1.82) is 0 Å². The fourth-order valence-corrected chi connectivity index (χ4v) is 2.93. The zero-order chi connectivity index (χ0) is 18.5. The summed E-state index contributed by atoms with van der Waals surface area (Å²) in [5.41, 5.74) is 0.431. The summed E-state index contributed by atoms with van der Waals surface area (Å²) < 4.78 is 13.3. The highest BCUT2D eigenvalue weighted by Crippen LogP contribution is 2.10. The van der Waals surface area contributed by atoms with Crippen molar-refractivity contribution < 1.29 is 14.0 Å². The summed E-state index contributed by atoms with van der Waals surface area (Å²) in [4.78, 5) is 39.3. The molecule has 1 aromatic heterocycles. The third-order valence-electron chi connectivity index (χ3n) is 4.28. The van der Waals surface area contributed by atoms with Crippen molar-refractivity contribution in [2.45, 2.75) is 12.8 Å². The van der Waals surface area contributed by atoms with Crippen LogP contribution in [0.2, 0.25) is 0 Å². The van der Waals surface area contributed by atoms with Gasteiger partial charge in [-0.2, -0.15) is 5.10 Å². The minimum Gasteiger partial charge on any atom is -0.341 e. The van der Waals surface area contributed by atoms with Gasteiger partial charge in [-0.1, -0.05) is 12.1 Å². The van der Waals surface area contributed by atoms with Gasteiger partial charge in [-0.15, -0.1) is 0 Å². The molecule has 0 atom stereocenters. The van der Waals surface area contributed by atoms with Crippen molar-refractivity contribution in [2.24, 2.45) is 0 Å². The first-order chi connectivity index (χ1) is 12.5. The summed E-state index contributed by atoms with van der Waals surface area (Å²) >= 11 is 0. The minimum atomic E-state index is -0.369. The molecule has 2 aromatic rings. The van der Waals surface area contributed by atoms with Gasteiger partial charge in [0, 0.05) is 32.2 Å². The molecular weight excluding hydrogens is 339 g/mol. The molecule has 1 saturated heterocycles. The van der Waals surface area contributed by atoms with E-state index in [0.29, 0.717) is 38.2 Å². The Morgan fingerprint density at radius 2 is 1.85 bits per heavy atom. The van der Waals surface area contributed by atoms with Gasteiger partial charge in [-0.3, -0.25) is 14.4 Å². The number of amides is 2. The number of hydrogen-bond acceptors (Lipinski definition) is 4. The Labute approximate surface area is 149 Å². The van der Waals surface area contributed by atoms with E-state index in [1.165, 1.54) is 24.3 Å². The Hall–Kier alpha value is -3.03. The van der Waals surface area contributed by atoms with Crippen LogP contribution in [0.1, 0.15) is 22.5 Å². The standard InChI is InChI=1S/C18H19FN4O3/c19-14-4-1-3-13(11-14)12-17(25)22-7-2-8-23(10-9-22)18(26)15-5-6-16(24)21-20-15/h1,3-6,11H,2,7-10,12H2,(H,21,24). The van der Waals surface area contributed by atoms with Gasteiger partial charge in [0.2, 0.25) is 5.91 Å². The number of nitrogens with one attached hydrogen (secondary N) is 1. The summed E-state index contributed by atoms with van der Waals surface area (Å²) in [6, 6.07) is 8.64. The van der Waals surface area contributed by atoms with Crippen molar-refractivity contribution >= 4 is 11.8 Å². The number of carbonyl (C=O) groups is 2. The number of hydrogen-bond donors (Lipinski definition) is 1. The number of carbonyl (C=O) groups excluding carboxylic acids is 2. The van der Waals surface area contributed by atoms with Crippen LogP contribution in [0.25, 0.3) is 0 Å². The molecule has 1 aliphatic rings.